The van der Waals surface area contributed by atoms with Gasteiger partial charge in [-0.25, -0.2) is 9.97 Å². The van der Waals surface area contributed by atoms with E-state index in [2.05, 4.69) is 46.0 Å². The molecule has 0 aliphatic heterocycles. The number of anilines is 1. The van der Waals surface area contributed by atoms with Gasteiger partial charge >= 0.3 is 0 Å². The number of hydrogen-bond acceptors (Lipinski definition) is 4. The zero-order valence-corrected chi connectivity index (χ0v) is 20.6. The van der Waals surface area contributed by atoms with Gasteiger partial charge in [-0.1, -0.05) is 32.0 Å². The van der Waals surface area contributed by atoms with E-state index in [1.165, 1.54) is 0 Å². The van der Waals surface area contributed by atoms with E-state index in [9.17, 15) is 4.79 Å². The zero-order chi connectivity index (χ0) is 24.2. The lowest BCUT2D eigenvalue weighted by Crippen LogP contribution is -2.12. The SMILES string of the molecule is CC(C)c1nccn1Cc1cccc(NC(=O)c2ccc(SCc3cn4ccccc4n3)cc2)c1. The number of imidazole rings is 2. The number of rotatable bonds is 8. The number of carbonyl (C=O) groups is 1. The molecule has 2 aromatic carbocycles. The first-order valence-corrected chi connectivity index (χ1v) is 12.6. The second-order valence-electron chi connectivity index (χ2n) is 8.73. The Kier molecular flexibility index (Phi) is 6.68. The molecule has 0 radical (unpaired) electrons. The highest BCUT2D eigenvalue weighted by Gasteiger charge is 2.10. The van der Waals surface area contributed by atoms with Crippen LogP contribution in [0.3, 0.4) is 0 Å². The van der Waals surface area contributed by atoms with Crippen molar-refractivity contribution in [3.8, 4) is 0 Å². The van der Waals surface area contributed by atoms with Gasteiger partial charge in [-0.3, -0.25) is 4.79 Å². The molecule has 0 aliphatic carbocycles. The molecular formula is C28H27N5OS. The van der Waals surface area contributed by atoms with E-state index < -0.39 is 0 Å². The Morgan fingerprint density at radius 2 is 1.89 bits per heavy atom. The third-order valence-electron chi connectivity index (χ3n) is 5.72. The lowest BCUT2D eigenvalue weighted by Gasteiger charge is -2.12. The van der Waals surface area contributed by atoms with Gasteiger partial charge in [-0.15, -0.1) is 11.8 Å². The summed E-state index contributed by atoms with van der Waals surface area (Å²) >= 11 is 1.70. The maximum absolute atomic E-state index is 12.8. The van der Waals surface area contributed by atoms with Crippen LogP contribution in [0.15, 0.2) is 96.4 Å². The molecule has 1 amide bonds. The van der Waals surface area contributed by atoms with Gasteiger partial charge in [0.1, 0.15) is 11.5 Å². The molecule has 5 rings (SSSR count). The van der Waals surface area contributed by atoms with Crippen LogP contribution in [-0.4, -0.2) is 24.8 Å². The molecule has 0 unspecified atom stereocenters. The predicted octanol–water partition coefficient (Wildman–Crippen LogP) is 6.25. The van der Waals surface area contributed by atoms with Gasteiger partial charge in [0, 0.05) is 59.1 Å². The molecule has 6 nitrogen and oxygen atoms in total. The van der Waals surface area contributed by atoms with Crippen molar-refractivity contribution in [1.82, 2.24) is 18.9 Å². The summed E-state index contributed by atoms with van der Waals surface area (Å²) in [5.74, 6) is 2.06. The van der Waals surface area contributed by atoms with Gasteiger partial charge in [0.15, 0.2) is 0 Å². The second-order valence-corrected chi connectivity index (χ2v) is 9.78. The molecule has 0 fully saturated rings. The van der Waals surface area contributed by atoms with Crippen molar-refractivity contribution in [3.05, 3.63) is 114 Å². The van der Waals surface area contributed by atoms with Gasteiger partial charge in [0.25, 0.3) is 5.91 Å². The number of carbonyl (C=O) groups excluding carboxylic acids is 1. The summed E-state index contributed by atoms with van der Waals surface area (Å²) in [7, 11) is 0. The van der Waals surface area contributed by atoms with Crippen LogP contribution in [0.2, 0.25) is 0 Å². The van der Waals surface area contributed by atoms with E-state index >= 15 is 0 Å². The zero-order valence-electron chi connectivity index (χ0n) is 19.8. The summed E-state index contributed by atoms with van der Waals surface area (Å²) in [4.78, 5) is 23.0. The molecule has 0 spiro atoms. The van der Waals surface area contributed by atoms with Crippen molar-refractivity contribution >= 4 is 29.0 Å². The van der Waals surface area contributed by atoms with Crippen LogP contribution in [0.1, 0.15) is 47.2 Å². The minimum Gasteiger partial charge on any atom is -0.330 e. The lowest BCUT2D eigenvalue weighted by molar-refractivity contribution is 0.102. The Hall–Kier alpha value is -3.84. The minimum atomic E-state index is -0.121. The van der Waals surface area contributed by atoms with Gasteiger partial charge in [0.2, 0.25) is 0 Å². The second kappa shape index (κ2) is 10.2. The molecule has 35 heavy (non-hydrogen) atoms. The highest BCUT2D eigenvalue weighted by molar-refractivity contribution is 7.98. The standard InChI is InChI=1S/C28H27N5OS/c1-20(2)27-29-13-15-33(27)17-21-6-5-7-23(16-21)31-28(34)22-9-11-25(12-10-22)35-19-24-18-32-14-4-3-8-26(32)30-24/h3-16,18,20H,17,19H2,1-2H3,(H,31,34). The smallest absolute Gasteiger partial charge is 0.255 e. The van der Waals surface area contributed by atoms with Crippen LogP contribution in [0.25, 0.3) is 5.65 Å². The van der Waals surface area contributed by atoms with Crippen molar-refractivity contribution in [1.29, 1.82) is 0 Å². The van der Waals surface area contributed by atoms with Crippen LogP contribution in [0, 0.1) is 0 Å². The molecule has 5 aromatic rings. The Labute approximate surface area is 209 Å². The average Bonchev–Trinajstić information content (AvgIpc) is 3.50. The number of nitrogens with zero attached hydrogens (tertiary/aromatic N) is 4. The molecule has 0 saturated heterocycles. The number of aromatic nitrogens is 4. The van der Waals surface area contributed by atoms with Crippen LogP contribution >= 0.6 is 11.8 Å². The number of hydrogen-bond donors (Lipinski definition) is 1. The molecule has 1 N–H and O–H groups in total. The van der Waals surface area contributed by atoms with E-state index in [1.807, 2.05) is 83.7 Å². The largest absolute Gasteiger partial charge is 0.330 e. The number of pyridine rings is 1. The summed E-state index contributed by atoms with van der Waals surface area (Å²) in [5, 5.41) is 3.02. The maximum atomic E-state index is 12.8. The van der Waals surface area contributed by atoms with Crippen LogP contribution in [0.5, 0.6) is 0 Å². The molecular weight excluding hydrogens is 454 g/mol. The molecule has 0 saturated carbocycles. The minimum absolute atomic E-state index is 0.121. The average molecular weight is 482 g/mol. The van der Waals surface area contributed by atoms with E-state index in [0.717, 1.165) is 45.6 Å². The first kappa shape index (κ1) is 22.9. The van der Waals surface area contributed by atoms with Crippen LogP contribution < -0.4 is 5.32 Å². The number of fused-ring (bicyclic) bond motifs is 1. The molecule has 0 aliphatic rings. The van der Waals surface area contributed by atoms with E-state index in [0.29, 0.717) is 11.5 Å². The van der Waals surface area contributed by atoms with Crippen molar-refractivity contribution in [2.24, 2.45) is 0 Å². The van der Waals surface area contributed by atoms with Gasteiger partial charge < -0.3 is 14.3 Å². The number of amides is 1. The van der Waals surface area contributed by atoms with Crippen molar-refractivity contribution in [2.75, 3.05) is 5.32 Å². The van der Waals surface area contributed by atoms with Gasteiger partial charge in [-0.2, -0.15) is 0 Å². The predicted molar refractivity (Wildman–Crippen MR) is 141 cm³/mol. The highest BCUT2D eigenvalue weighted by Crippen LogP contribution is 2.24. The Morgan fingerprint density at radius 3 is 2.69 bits per heavy atom. The third kappa shape index (κ3) is 5.46. The van der Waals surface area contributed by atoms with Gasteiger partial charge in [-0.05, 0) is 54.1 Å². The van der Waals surface area contributed by atoms with Crippen molar-refractivity contribution in [2.45, 2.75) is 37.0 Å². The van der Waals surface area contributed by atoms with Gasteiger partial charge in [0.05, 0.1) is 5.69 Å². The Balaban J connectivity index is 1.20. The summed E-state index contributed by atoms with van der Waals surface area (Å²) < 4.78 is 4.17. The first-order valence-electron chi connectivity index (χ1n) is 11.6. The van der Waals surface area contributed by atoms with E-state index in [1.54, 1.807) is 11.8 Å². The highest BCUT2D eigenvalue weighted by atomic mass is 32.2. The van der Waals surface area contributed by atoms with Crippen LogP contribution in [-0.2, 0) is 12.3 Å². The molecule has 176 valence electrons. The summed E-state index contributed by atoms with van der Waals surface area (Å²) in [6.45, 7) is 4.99. The maximum Gasteiger partial charge on any atom is 0.255 e. The summed E-state index contributed by atoms with van der Waals surface area (Å²) in [6, 6.07) is 21.6. The fourth-order valence-corrected chi connectivity index (χ4v) is 4.80. The van der Waals surface area contributed by atoms with Crippen molar-refractivity contribution < 1.29 is 4.79 Å². The third-order valence-corrected chi connectivity index (χ3v) is 6.76. The molecule has 7 heteroatoms. The fraction of sp³-hybridized carbons (Fsp3) is 0.179. The Bertz CT molecular complexity index is 1420. The molecule has 3 heterocycles. The lowest BCUT2D eigenvalue weighted by atomic mass is 10.1. The number of thioether (sulfide) groups is 1. The summed E-state index contributed by atoms with van der Waals surface area (Å²) in [5.41, 5.74) is 4.50. The summed E-state index contributed by atoms with van der Waals surface area (Å²) in [6.07, 6.45) is 7.88. The normalized spacial score (nSPS) is 11.3. The molecule has 0 atom stereocenters. The number of benzene rings is 2. The molecule has 3 aromatic heterocycles. The quantitative estimate of drug-likeness (QED) is 0.266. The first-order chi connectivity index (χ1) is 17.0. The van der Waals surface area contributed by atoms with E-state index in [4.69, 9.17) is 0 Å². The van der Waals surface area contributed by atoms with Crippen molar-refractivity contribution in [3.63, 3.8) is 0 Å². The molecule has 0 bridgehead atoms. The number of nitrogens with one attached hydrogen (secondary N) is 1. The topological polar surface area (TPSA) is 64.2 Å². The van der Waals surface area contributed by atoms with Crippen LogP contribution in [0.4, 0.5) is 5.69 Å². The van der Waals surface area contributed by atoms with E-state index in [-0.39, 0.29) is 5.91 Å². The Morgan fingerprint density at radius 1 is 1.03 bits per heavy atom. The monoisotopic (exact) mass is 481 g/mol. The fourth-order valence-electron chi connectivity index (χ4n) is 4.02.